The van der Waals surface area contributed by atoms with Crippen molar-refractivity contribution < 1.29 is 17.9 Å². The number of piperazine rings is 1. The Bertz CT molecular complexity index is 1290. The van der Waals surface area contributed by atoms with E-state index in [0.29, 0.717) is 31.7 Å². The van der Waals surface area contributed by atoms with Crippen LogP contribution in [0.15, 0.2) is 58.8 Å². The smallest absolute Gasteiger partial charge is 0.253 e. The van der Waals surface area contributed by atoms with Crippen LogP contribution in [0, 0.1) is 0 Å². The Morgan fingerprint density at radius 1 is 0.944 bits per heavy atom. The first-order chi connectivity index (χ1) is 17.4. The second-order valence-electron chi connectivity index (χ2n) is 9.06. The van der Waals surface area contributed by atoms with E-state index in [1.807, 2.05) is 29.2 Å². The minimum atomic E-state index is -3.47. The lowest BCUT2D eigenvalue weighted by Crippen LogP contribution is -2.48. The second kappa shape index (κ2) is 10.7. The summed E-state index contributed by atoms with van der Waals surface area (Å²) < 4.78 is 32.2. The van der Waals surface area contributed by atoms with Gasteiger partial charge in [0.2, 0.25) is 10.0 Å². The van der Waals surface area contributed by atoms with Gasteiger partial charge in [-0.2, -0.15) is 4.31 Å². The molecular formula is C26H30N4O4S2. The van der Waals surface area contributed by atoms with Gasteiger partial charge >= 0.3 is 0 Å². The van der Waals surface area contributed by atoms with Gasteiger partial charge in [0.1, 0.15) is 10.8 Å². The van der Waals surface area contributed by atoms with Crippen molar-refractivity contribution >= 4 is 27.3 Å². The Morgan fingerprint density at radius 2 is 1.61 bits per heavy atom. The molecule has 0 spiro atoms. The molecule has 0 bridgehead atoms. The lowest BCUT2D eigenvalue weighted by atomic mass is 10.2. The first-order valence-electron chi connectivity index (χ1n) is 12.1. The highest BCUT2D eigenvalue weighted by molar-refractivity contribution is 7.89. The average Bonchev–Trinajstić information content (AvgIpc) is 3.62. The van der Waals surface area contributed by atoms with Gasteiger partial charge in [0, 0.05) is 55.8 Å². The summed E-state index contributed by atoms with van der Waals surface area (Å²) in [6, 6.07) is 14.3. The van der Waals surface area contributed by atoms with E-state index < -0.39 is 10.0 Å². The van der Waals surface area contributed by atoms with Crippen LogP contribution in [0.2, 0.25) is 0 Å². The Labute approximate surface area is 216 Å². The number of carbonyl (C=O) groups excluding carboxylic acids is 1. The minimum Gasteiger partial charge on any atom is -0.497 e. The number of nitrogens with zero attached hydrogens (tertiary/aromatic N) is 4. The van der Waals surface area contributed by atoms with Crippen molar-refractivity contribution in [3.8, 4) is 17.0 Å². The van der Waals surface area contributed by atoms with Crippen LogP contribution < -0.4 is 4.74 Å². The summed E-state index contributed by atoms with van der Waals surface area (Å²) in [5.41, 5.74) is 2.54. The van der Waals surface area contributed by atoms with Gasteiger partial charge in [0.15, 0.2) is 0 Å². The molecule has 2 fully saturated rings. The van der Waals surface area contributed by atoms with Gasteiger partial charge in [-0.15, -0.1) is 11.3 Å². The zero-order valence-corrected chi connectivity index (χ0v) is 21.9. The zero-order chi connectivity index (χ0) is 25.1. The number of hydrogen-bond acceptors (Lipinski definition) is 7. The second-order valence-corrected chi connectivity index (χ2v) is 11.9. The Kier molecular flexibility index (Phi) is 7.38. The van der Waals surface area contributed by atoms with Gasteiger partial charge < -0.3 is 9.64 Å². The van der Waals surface area contributed by atoms with Crippen molar-refractivity contribution in [1.82, 2.24) is 19.1 Å². The summed E-state index contributed by atoms with van der Waals surface area (Å²) in [4.78, 5) is 22.2. The van der Waals surface area contributed by atoms with E-state index in [1.54, 1.807) is 42.7 Å². The number of amides is 1. The van der Waals surface area contributed by atoms with Crippen LogP contribution in [0.1, 0.15) is 28.2 Å². The molecule has 0 saturated carbocycles. The van der Waals surface area contributed by atoms with Gasteiger partial charge in [-0.3, -0.25) is 9.69 Å². The fourth-order valence-electron chi connectivity index (χ4n) is 4.61. The fraction of sp³-hybridized carbons (Fsp3) is 0.385. The van der Waals surface area contributed by atoms with Gasteiger partial charge in [-0.1, -0.05) is 0 Å². The van der Waals surface area contributed by atoms with Crippen LogP contribution >= 0.6 is 11.3 Å². The lowest BCUT2D eigenvalue weighted by Gasteiger charge is -2.34. The summed E-state index contributed by atoms with van der Waals surface area (Å²) in [5.74, 6) is 0.764. The molecule has 36 heavy (non-hydrogen) atoms. The van der Waals surface area contributed by atoms with Gasteiger partial charge in [0.25, 0.3) is 5.91 Å². The SMILES string of the molecule is COc1ccc(-c2csc(CN3CCN(C(=O)c4ccc(S(=O)(=O)N5CCCC5)cc4)CC3)n2)cc1. The normalized spacial score (nSPS) is 17.4. The van der Waals surface area contributed by atoms with E-state index in [4.69, 9.17) is 9.72 Å². The zero-order valence-electron chi connectivity index (χ0n) is 20.3. The topological polar surface area (TPSA) is 83.0 Å². The Balaban J connectivity index is 1.15. The maximum Gasteiger partial charge on any atom is 0.253 e. The molecule has 3 aromatic rings. The number of ether oxygens (including phenoxy) is 1. The first kappa shape index (κ1) is 24.9. The quantitative estimate of drug-likeness (QED) is 0.468. The van der Waals surface area contributed by atoms with Crippen molar-refractivity contribution in [3.63, 3.8) is 0 Å². The highest BCUT2D eigenvalue weighted by atomic mass is 32.2. The summed E-state index contributed by atoms with van der Waals surface area (Å²) in [5, 5.41) is 3.13. The van der Waals surface area contributed by atoms with Crippen molar-refractivity contribution in [2.75, 3.05) is 46.4 Å². The van der Waals surface area contributed by atoms with Crippen molar-refractivity contribution in [1.29, 1.82) is 0 Å². The number of carbonyl (C=O) groups is 1. The predicted octanol–water partition coefficient (Wildman–Crippen LogP) is 3.56. The molecule has 2 aromatic carbocycles. The number of aromatic nitrogens is 1. The number of hydrogen-bond donors (Lipinski definition) is 0. The summed E-state index contributed by atoms with van der Waals surface area (Å²) >= 11 is 1.65. The highest BCUT2D eigenvalue weighted by Crippen LogP contribution is 2.25. The predicted molar refractivity (Wildman–Crippen MR) is 140 cm³/mol. The molecular weight excluding hydrogens is 496 g/mol. The number of sulfonamides is 1. The van der Waals surface area contributed by atoms with Crippen LogP contribution in [0.25, 0.3) is 11.3 Å². The summed E-state index contributed by atoms with van der Waals surface area (Å²) in [6.07, 6.45) is 1.79. The van der Waals surface area contributed by atoms with Crippen molar-refractivity contribution in [2.24, 2.45) is 0 Å². The molecule has 2 saturated heterocycles. The third kappa shape index (κ3) is 5.31. The molecule has 2 aliphatic heterocycles. The van der Waals surface area contributed by atoms with E-state index in [0.717, 1.165) is 54.5 Å². The standard InChI is InChI=1S/C26H30N4O4S2/c1-34-22-8-4-20(5-9-22)24-19-35-25(27-24)18-28-14-16-29(17-15-28)26(31)21-6-10-23(11-7-21)36(32,33)30-12-2-3-13-30/h4-11,19H,2-3,12-18H2,1H3. The molecule has 0 unspecified atom stereocenters. The molecule has 3 heterocycles. The molecule has 5 rings (SSSR count). The Hall–Kier alpha value is -2.79. The maximum absolute atomic E-state index is 13.0. The number of rotatable bonds is 7. The first-order valence-corrected chi connectivity index (χ1v) is 14.5. The molecule has 0 N–H and O–H groups in total. The van der Waals surface area contributed by atoms with Crippen LogP contribution in [-0.4, -0.2) is 79.8 Å². The molecule has 0 radical (unpaired) electrons. The lowest BCUT2D eigenvalue weighted by molar-refractivity contribution is 0.0628. The molecule has 10 heteroatoms. The Morgan fingerprint density at radius 3 is 2.25 bits per heavy atom. The van der Waals surface area contributed by atoms with Gasteiger partial charge in [0.05, 0.1) is 24.2 Å². The van der Waals surface area contributed by atoms with E-state index in [2.05, 4.69) is 10.3 Å². The van der Waals surface area contributed by atoms with E-state index >= 15 is 0 Å². The number of methoxy groups -OCH3 is 1. The average molecular weight is 527 g/mol. The van der Waals surface area contributed by atoms with Crippen molar-refractivity contribution in [3.05, 3.63) is 64.5 Å². The van der Waals surface area contributed by atoms with E-state index in [1.165, 1.54) is 4.31 Å². The van der Waals surface area contributed by atoms with Crippen molar-refractivity contribution in [2.45, 2.75) is 24.3 Å². The van der Waals surface area contributed by atoms with Gasteiger partial charge in [-0.05, 0) is 61.4 Å². The van der Waals surface area contributed by atoms with Crippen LogP contribution in [0.4, 0.5) is 0 Å². The molecule has 8 nitrogen and oxygen atoms in total. The van der Waals surface area contributed by atoms with Crippen LogP contribution in [0.5, 0.6) is 5.75 Å². The molecule has 0 atom stereocenters. The van der Waals surface area contributed by atoms with E-state index in [-0.39, 0.29) is 10.8 Å². The minimum absolute atomic E-state index is 0.0594. The number of benzene rings is 2. The van der Waals surface area contributed by atoms with Gasteiger partial charge in [-0.25, -0.2) is 13.4 Å². The molecule has 190 valence electrons. The molecule has 1 aromatic heterocycles. The third-order valence-corrected chi connectivity index (χ3v) is 9.51. The van der Waals surface area contributed by atoms with Crippen LogP contribution in [0.3, 0.4) is 0 Å². The highest BCUT2D eigenvalue weighted by Gasteiger charge is 2.28. The monoisotopic (exact) mass is 526 g/mol. The summed E-state index contributed by atoms with van der Waals surface area (Å²) in [6.45, 7) is 4.68. The summed E-state index contributed by atoms with van der Waals surface area (Å²) in [7, 11) is -1.82. The largest absolute Gasteiger partial charge is 0.497 e. The molecule has 0 aliphatic carbocycles. The molecule has 1 amide bonds. The maximum atomic E-state index is 13.0. The third-order valence-electron chi connectivity index (χ3n) is 6.76. The molecule has 2 aliphatic rings. The number of thiazole rings is 1. The van der Waals surface area contributed by atoms with E-state index in [9.17, 15) is 13.2 Å². The fourth-order valence-corrected chi connectivity index (χ4v) is 6.97. The van der Waals surface area contributed by atoms with Crippen LogP contribution in [-0.2, 0) is 16.6 Å².